The highest BCUT2D eigenvalue weighted by atomic mass is 32.1. The van der Waals surface area contributed by atoms with Crippen LogP contribution in [0.15, 0.2) is 72.1 Å². The van der Waals surface area contributed by atoms with Gasteiger partial charge in [-0.1, -0.05) is 60.7 Å². The first kappa shape index (κ1) is 21.3. The second-order valence-corrected chi connectivity index (χ2v) is 11.1. The van der Waals surface area contributed by atoms with Gasteiger partial charge in [0, 0.05) is 23.7 Å². The smallest absolute Gasteiger partial charge is 0.379 e. The van der Waals surface area contributed by atoms with Crippen LogP contribution in [-0.4, -0.2) is 12.7 Å². The van der Waals surface area contributed by atoms with Gasteiger partial charge in [0.25, 0.3) is 0 Å². The van der Waals surface area contributed by atoms with Crippen LogP contribution in [0.3, 0.4) is 0 Å². The number of anilines is 1. The lowest BCUT2D eigenvalue weighted by Gasteiger charge is -2.21. The highest BCUT2D eigenvalue weighted by Crippen LogP contribution is 2.53. The van der Waals surface area contributed by atoms with Crippen LogP contribution in [0.25, 0.3) is 10.1 Å². The van der Waals surface area contributed by atoms with Crippen molar-refractivity contribution in [1.82, 2.24) is 0 Å². The van der Waals surface area contributed by atoms with Crippen molar-refractivity contribution in [3.63, 3.8) is 0 Å². The Kier molecular flexibility index (Phi) is 6.05. The SMILES string of the molecule is Cc1csc2c(OP(=O)(CCc3ccccc3)OCc3ccccc3)cc3c(c12)CCN3. The third kappa shape index (κ3) is 4.47. The zero-order valence-electron chi connectivity index (χ0n) is 18.0. The van der Waals surface area contributed by atoms with E-state index in [2.05, 4.69) is 17.6 Å². The Bertz CT molecular complexity index is 1220. The first-order valence-corrected chi connectivity index (χ1v) is 13.5. The summed E-state index contributed by atoms with van der Waals surface area (Å²) in [5, 5.41) is 6.82. The maximum Gasteiger partial charge on any atom is 0.379 e. The molecule has 1 unspecified atom stereocenters. The van der Waals surface area contributed by atoms with E-state index in [1.807, 2.05) is 66.7 Å². The van der Waals surface area contributed by atoms with E-state index >= 15 is 0 Å². The van der Waals surface area contributed by atoms with E-state index < -0.39 is 7.60 Å². The monoisotopic (exact) mass is 463 g/mol. The third-order valence-electron chi connectivity index (χ3n) is 5.82. The van der Waals surface area contributed by atoms with Crippen molar-refractivity contribution >= 4 is 34.7 Å². The van der Waals surface area contributed by atoms with E-state index in [0.717, 1.165) is 34.5 Å². The van der Waals surface area contributed by atoms with Gasteiger partial charge < -0.3 is 9.84 Å². The molecular weight excluding hydrogens is 437 g/mol. The molecule has 0 bridgehead atoms. The van der Waals surface area contributed by atoms with Crippen molar-refractivity contribution in [2.45, 2.75) is 26.4 Å². The van der Waals surface area contributed by atoms with Crippen molar-refractivity contribution in [2.24, 2.45) is 0 Å². The summed E-state index contributed by atoms with van der Waals surface area (Å²) in [5.41, 5.74) is 5.73. The average molecular weight is 464 g/mol. The lowest BCUT2D eigenvalue weighted by molar-refractivity contribution is 0.256. The second-order valence-electron chi connectivity index (χ2n) is 8.12. The fourth-order valence-electron chi connectivity index (χ4n) is 4.17. The molecule has 0 amide bonds. The molecular formula is C26H26NO3PS. The Hall–Kier alpha value is -2.59. The van der Waals surface area contributed by atoms with Gasteiger partial charge in [0.15, 0.2) is 0 Å². The number of nitrogens with one attached hydrogen (secondary N) is 1. The molecule has 2 heterocycles. The van der Waals surface area contributed by atoms with Crippen LogP contribution in [0.5, 0.6) is 5.75 Å². The molecule has 6 heteroatoms. The maximum atomic E-state index is 14.0. The molecule has 1 aliphatic heterocycles. The van der Waals surface area contributed by atoms with E-state index in [4.69, 9.17) is 9.05 Å². The summed E-state index contributed by atoms with van der Waals surface area (Å²) in [4.78, 5) is 0. The van der Waals surface area contributed by atoms with E-state index in [1.54, 1.807) is 11.3 Å². The molecule has 0 saturated heterocycles. The molecule has 32 heavy (non-hydrogen) atoms. The molecule has 3 aromatic carbocycles. The number of hydrogen-bond acceptors (Lipinski definition) is 5. The highest BCUT2D eigenvalue weighted by molar-refractivity contribution is 7.54. The molecule has 164 valence electrons. The molecule has 0 saturated carbocycles. The maximum absolute atomic E-state index is 14.0. The van der Waals surface area contributed by atoms with Gasteiger partial charge >= 0.3 is 7.60 Å². The van der Waals surface area contributed by atoms with Crippen molar-refractivity contribution in [1.29, 1.82) is 0 Å². The van der Waals surface area contributed by atoms with Crippen molar-refractivity contribution < 1.29 is 13.6 Å². The van der Waals surface area contributed by atoms with Crippen LogP contribution < -0.4 is 9.84 Å². The summed E-state index contributed by atoms with van der Waals surface area (Å²) in [6, 6.07) is 21.9. The molecule has 5 rings (SSSR count). The van der Waals surface area contributed by atoms with E-state index in [9.17, 15) is 4.57 Å². The standard InChI is InChI=1S/C26H26NO3PS/c1-19-18-32-26-24(16-23-22(25(19)26)12-14-27-23)30-31(28,15-13-20-8-4-2-5-9-20)29-17-21-10-6-3-7-11-21/h2-11,16,18,27H,12-15,17H2,1H3. The van der Waals surface area contributed by atoms with Crippen LogP contribution in [0, 0.1) is 6.92 Å². The molecule has 0 fully saturated rings. The molecule has 0 radical (unpaired) electrons. The first-order chi connectivity index (χ1) is 15.6. The Morgan fingerprint density at radius 3 is 2.50 bits per heavy atom. The Labute approximate surface area is 192 Å². The lowest BCUT2D eigenvalue weighted by Crippen LogP contribution is -2.06. The second kappa shape index (κ2) is 9.11. The van der Waals surface area contributed by atoms with Crippen LogP contribution in [0.2, 0.25) is 0 Å². The number of aryl methyl sites for hydroxylation is 2. The Morgan fingerprint density at radius 1 is 1.03 bits per heavy atom. The van der Waals surface area contributed by atoms with Crippen LogP contribution >= 0.6 is 18.9 Å². The van der Waals surface area contributed by atoms with Gasteiger partial charge in [0.1, 0.15) is 5.75 Å². The van der Waals surface area contributed by atoms with Crippen LogP contribution in [-0.2, 0) is 28.5 Å². The van der Waals surface area contributed by atoms with E-state index in [0.29, 0.717) is 18.3 Å². The fourth-order valence-corrected chi connectivity index (χ4v) is 6.86. The van der Waals surface area contributed by atoms with Gasteiger partial charge in [0.05, 0.1) is 17.5 Å². The minimum absolute atomic E-state index is 0.253. The fraction of sp³-hybridized carbons (Fsp3) is 0.231. The van der Waals surface area contributed by atoms with E-state index in [-0.39, 0.29) is 6.61 Å². The van der Waals surface area contributed by atoms with Crippen molar-refractivity contribution in [3.8, 4) is 5.75 Å². The molecule has 1 aliphatic rings. The number of fused-ring (bicyclic) bond motifs is 3. The van der Waals surface area contributed by atoms with Crippen LogP contribution in [0.1, 0.15) is 22.3 Å². The first-order valence-electron chi connectivity index (χ1n) is 10.9. The van der Waals surface area contributed by atoms with Crippen LogP contribution in [0.4, 0.5) is 5.69 Å². The van der Waals surface area contributed by atoms with Gasteiger partial charge in [-0.25, -0.2) is 4.57 Å². The minimum atomic E-state index is -3.41. The summed E-state index contributed by atoms with van der Waals surface area (Å²) >= 11 is 1.65. The third-order valence-corrected chi connectivity index (χ3v) is 8.70. The number of thiophene rings is 1. The Morgan fingerprint density at radius 2 is 1.75 bits per heavy atom. The zero-order chi connectivity index (χ0) is 22.0. The summed E-state index contributed by atoms with van der Waals surface area (Å²) < 4.78 is 27.4. The molecule has 4 nitrogen and oxygen atoms in total. The molecule has 1 N–H and O–H groups in total. The molecule has 4 aromatic rings. The zero-order valence-corrected chi connectivity index (χ0v) is 19.8. The number of benzene rings is 3. The molecule has 0 spiro atoms. The quantitative estimate of drug-likeness (QED) is 0.281. The van der Waals surface area contributed by atoms with Gasteiger partial charge in [-0.15, -0.1) is 11.3 Å². The predicted molar refractivity (Wildman–Crippen MR) is 133 cm³/mol. The molecule has 0 aliphatic carbocycles. The summed E-state index contributed by atoms with van der Waals surface area (Å²) in [6.07, 6.45) is 1.95. The molecule has 1 aromatic heterocycles. The average Bonchev–Trinajstić information content (AvgIpc) is 3.44. The largest absolute Gasteiger partial charge is 0.423 e. The summed E-state index contributed by atoms with van der Waals surface area (Å²) in [7, 11) is -3.41. The number of rotatable bonds is 8. The normalized spacial score (nSPS) is 14.7. The predicted octanol–water partition coefficient (Wildman–Crippen LogP) is 7.21. The van der Waals surface area contributed by atoms with Gasteiger partial charge in [0.2, 0.25) is 0 Å². The minimum Gasteiger partial charge on any atom is -0.423 e. The Balaban J connectivity index is 1.46. The van der Waals surface area contributed by atoms with Gasteiger partial charge in [-0.05, 0) is 47.4 Å². The number of hydrogen-bond donors (Lipinski definition) is 1. The lowest BCUT2D eigenvalue weighted by atomic mass is 10.0. The van der Waals surface area contributed by atoms with Crippen molar-refractivity contribution in [2.75, 3.05) is 18.0 Å². The highest BCUT2D eigenvalue weighted by Gasteiger charge is 2.29. The summed E-state index contributed by atoms with van der Waals surface area (Å²) in [5.74, 6) is 0.649. The van der Waals surface area contributed by atoms with E-state index in [1.165, 1.54) is 16.5 Å². The topological polar surface area (TPSA) is 47.6 Å². The van der Waals surface area contributed by atoms with Crippen molar-refractivity contribution in [3.05, 3.63) is 94.4 Å². The molecule has 1 atom stereocenters. The summed E-state index contributed by atoms with van der Waals surface area (Å²) in [6.45, 7) is 3.30. The van der Waals surface area contributed by atoms with Gasteiger partial charge in [-0.3, -0.25) is 4.52 Å². The van der Waals surface area contributed by atoms with Gasteiger partial charge in [-0.2, -0.15) is 0 Å².